The van der Waals surface area contributed by atoms with Crippen LogP contribution in [0.4, 0.5) is 8.78 Å². The first-order valence-electron chi connectivity index (χ1n) is 5.43. The molecule has 0 aliphatic heterocycles. The van der Waals surface area contributed by atoms with E-state index in [1.807, 2.05) is 0 Å². The number of carbonyl (C=O) groups excluding carboxylic acids is 1. The summed E-state index contributed by atoms with van der Waals surface area (Å²) >= 11 is 0. The molecule has 0 spiro atoms. The largest absolute Gasteiger partial charge is 0.508 e. The summed E-state index contributed by atoms with van der Waals surface area (Å²) in [4.78, 5) is 12.8. The van der Waals surface area contributed by atoms with E-state index in [0.717, 1.165) is 4.90 Å². The first kappa shape index (κ1) is 14.4. The molecule has 0 unspecified atom stereocenters. The lowest BCUT2D eigenvalue weighted by molar-refractivity contribution is 0.0509. The third-order valence-electron chi connectivity index (χ3n) is 2.46. The molecule has 0 heterocycles. The van der Waals surface area contributed by atoms with E-state index in [0.29, 0.717) is 5.56 Å². The highest BCUT2D eigenvalue weighted by Crippen LogP contribution is 2.18. The number of carbonyl (C=O) groups is 1. The van der Waals surface area contributed by atoms with E-state index in [9.17, 15) is 18.7 Å². The van der Waals surface area contributed by atoms with E-state index in [2.05, 4.69) is 0 Å². The summed E-state index contributed by atoms with van der Waals surface area (Å²) in [6, 6.07) is 4.12. The molecular formula is C12H15F2NO3. The van der Waals surface area contributed by atoms with Crippen LogP contribution in [-0.2, 0) is 0 Å². The zero-order valence-corrected chi connectivity index (χ0v) is 9.94. The zero-order valence-electron chi connectivity index (χ0n) is 9.94. The van der Waals surface area contributed by atoms with Gasteiger partial charge in [0.1, 0.15) is 5.75 Å². The molecule has 100 valence electrons. The Balaban J connectivity index is 2.90. The van der Waals surface area contributed by atoms with Crippen LogP contribution >= 0.6 is 0 Å². The number of aliphatic hydroxyl groups excluding tert-OH is 1. The Kier molecular flexibility index (Phi) is 5.03. The SMILES string of the molecule is Cc1cc(C(=O)N(CCO)CC(F)F)ccc1O. The van der Waals surface area contributed by atoms with Crippen LogP contribution in [0, 0.1) is 6.92 Å². The maximum Gasteiger partial charge on any atom is 0.255 e. The van der Waals surface area contributed by atoms with Gasteiger partial charge in [-0.2, -0.15) is 0 Å². The van der Waals surface area contributed by atoms with Crippen molar-refractivity contribution in [1.29, 1.82) is 0 Å². The number of halogens is 2. The van der Waals surface area contributed by atoms with Gasteiger partial charge in [-0.25, -0.2) is 8.78 Å². The fourth-order valence-electron chi connectivity index (χ4n) is 1.53. The van der Waals surface area contributed by atoms with E-state index < -0.39 is 18.9 Å². The molecule has 0 bridgehead atoms. The highest BCUT2D eigenvalue weighted by molar-refractivity contribution is 5.94. The zero-order chi connectivity index (χ0) is 13.7. The minimum Gasteiger partial charge on any atom is -0.508 e. The van der Waals surface area contributed by atoms with E-state index in [1.165, 1.54) is 18.2 Å². The van der Waals surface area contributed by atoms with Crippen molar-refractivity contribution in [3.8, 4) is 5.75 Å². The predicted molar refractivity (Wildman–Crippen MR) is 61.8 cm³/mol. The number of phenolic OH excluding ortho intramolecular Hbond substituents is 1. The smallest absolute Gasteiger partial charge is 0.255 e. The minimum absolute atomic E-state index is 0.0362. The second kappa shape index (κ2) is 6.30. The van der Waals surface area contributed by atoms with E-state index >= 15 is 0 Å². The maximum absolute atomic E-state index is 12.3. The average molecular weight is 259 g/mol. The molecule has 1 aromatic carbocycles. The number of aliphatic hydroxyl groups is 1. The molecular weight excluding hydrogens is 244 g/mol. The number of phenols is 1. The maximum atomic E-state index is 12.3. The lowest BCUT2D eigenvalue weighted by Gasteiger charge is -2.21. The van der Waals surface area contributed by atoms with E-state index in [4.69, 9.17) is 5.11 Å². The molecule has 0 saturated heterocycles. The highest BCUT2D eigenvalue weighted by atomic mass is 19.3. The molecule has 0 aromatic heterocycles. The van der Waals surface area contributed by atoms with Gasteiger partial charge in [0.05, 0.1) is 13.2 Å². The standard InChI is InChI=1S/C12H15F2NO3/c1-8-6-9(2-3-10(8)17)12(18)15(4-5-16)7-11(13)14/h2-3,6,11,16-17H,4-5,7H2,1H3. The Morgan fingerprint density at radius 3 is 2.61 bits per heavy atom. The molecule has 0 saturated carbocycles. The number of hydrogen-bond donors (Lipinski definition) is 2. The van der Waals surface area contributed by atoms with Crippen LogP contribution in [0.25, 0.3) is 0 Å². The fourth-order valence-corrected chi connectivity index (χ4v) is 1.53. The van der Waals surface area contributed by atoms with E-state index in [-0.39, 0.29) is 24.5 Å². The molecule has 1 rings (SSSR count). The number of benzene rings is 1. The number of aryl methyl sites for hydroxylation is 1. The van der Waals surface area contributed by atoms with Gasteiger partial charge in [-0.15, -0.1) is 0 Å². The second-order valence-electron chi connectivity index (χ2n) is 3.87. The first-order valence-corrected chi connectivity index (χ1v) is 5.43. The lowest BCUT2D eigenvalue weighted by atomic mass is 10.1. The van der Waals surface area contributed by atoms with Gasteiger partial charge in [-0.05, 0) is 30.7 Å². The summed E-state index contributed by atoms with van der Waals surface area (Å²) in [5.41, 5.74) is 0.696. The Hall–Kier alpha value is -1.69. The van der Waals surface area contributed by atoms with Crippen LogP contribution in [0.2, 0.25) is 0 Å². The Labute approximate surface area is 103 Å². The molecule has 6 heteroatoms. The van der Waals surface area contributed by atoms with Gasteiger partial charge in [0, 0.05) is 12.1 Å². The Bertz CT molecular complexity index is 424. The van der Waals surface area contributed by atoms with Gasteiger partial charge >= 0.3 is 0 Å². The topological polar surface area (TPSA) is 60.8 Å². The van der Waals surface area contributed by atoms with Crippen molar-refractivity contribution in [2.24, 2.45) is 0 Å². The predicted octanol–water partition coefficient (Wildman–Crippen LogP) is 1.40. The number of amides is 1. The van der Waals surface area contributed by atoms with Crippen LogP contribution < -0.4 is 0 Å². The van der Waals surface area contributed by atoms with Crippen LogP contribution in [0.1, 0.15) is 15.9 Å². The van der Waals surface area contributed by atoms with Crippen LogP contribution in [-0.4, -0.2) is 47.1 Å². The van der Waals surface area contributed by atoms with Gasteiger partial charge in [0.15, 0.2) is 0 Å². The Morgan fingerprint density at radius 2 is 2.11 bits per heavy atom. The van der Waals surface area contributed by atoms with Crippen LogP contribution in [0.5, 0.6) is 5.75 Å². The summed E-state index contributed by atoms with van der Waals surface area (Å²) in [5.74, 6) is -0.554. The normalized spacial score (nSPS) is 10.7. The van der Waals surface area contributed by atoms with Gasteiger partial charge in [-0.1, -0.05) is 0 Å². The third kappa shape index (κ3) is 3.66. The molecule has 0 radical (unpaired) electrons. The van der Waals surface area contributed by atoms with Crippen LogP contribution in [0.15, 0.2) is 18.2 Å². The van der Waals surface area contributed by atoms with E-state index in [1.54, 1.807) is 6.92 Å². The number of rotatable bonds is 5. The summed E-state index contributed by atoms with van der Waals surface area (Å²) < 4.78 is 24.6. The third-order valence-corrected chi connectivity index (χ3v) is 2.46. The van der Waals surface area contributed by atoms with Crippen molar-refractivity contribution in [1.82, 2.24) is 4.90 Å². The molecule has 1 amide bonds. The number of nitrogens with zero attached hydrogens (tertiary/aromatic N) is 1. The van der Waals surface area contributed by atoms with Gasteiger partial charge < -0.3 is 15.1 Å². The van der Waals surface area contributed by atoms with Crippen molar-refractivity contribution in [2.45, 2.75) is 13.3 Å². The summed E-state index contributed by atoms with van der Waals surface area (Å²) in [7, 11) is 0. The molecule has 2 N–H and O–H groups in total. The van der Waals surface area contributed by atoms with Crippen molar-refractivity contribution >= 4 is 5.91 Å². The van der Waals surface area contributed by atoms with Crippen molar-refractivity contribution in [3.05, 3.63) is 29.3 Å². The fraction of sp³-hybridized carbons (Fsp3) is 0.417. The van der Waals surface area contributed by atoms with Gasteiger partial charge in [0.2, 0.25) is 0 Å². The van der Waals surface area contributed by atoms with Crippen molar-refractivity contribution < 1.29 is 23.8 Å². The Morgan fingerprint density at radius 1 is 1.44 bits per heavy atom. The monoisotopic (exact) mass is 259 g/mol. The lowest BCUT2D eigenvalue weighted by Crippen LogP contribution is -2.37. The number of aromatic hydroxyl groups is 1. The molecule has 0 aliphatic carbocycles. The molecule has 1 aromatic rings. The van der Waals surface area contributed by atoms with Gasteiger partial charge in [-0.3, -0.25) is 4.79 Å². The quantitative estimate of drug-likeness (QED) is 0.840. The molecule has 0 aliphatic rings. The first-order chi connectivity index (χ1) is 8.45. The van der Waals surface area contributed by atoms with Gasteiger partial charge in [0.25, 0.3) is 12.3 Å². The molecule has 4 nitrogen and oxygen atoms in total. The number of hydrogen-bond acceptors (Lipinski definition) is 3. The van der Waals surface area contributed by atoms with Crippen molar-refractivity contribution in [2.75, 3.05) is 19.7 Å². The molecule has 18 heavy (non-hydrogen) atoms. The summed E-state index contributed by atoms with van der Waals surface area (Å²) in [5, 5.41) is 18.1. The highest BCUT2D eigenvalue weighted by Gasteiger charge is 2.19. The summed E-state index contributed by atoms with van der Waals surface area (Å²) in [6.07, 6.45) is -2.65. The summed E-state index contributed by atoms with van der Waals surface area (Å²) in [6.45, 7) is 0.355. The number of alkyl halides is 2. The van der Waals surface area contributed by atoms with Crippen LogP contribution in [0.3, 0.4) is 0 Å². The second-order valence-corrected chi connectivity index (χ2v) is 3.87. The average Bonchev–Trinajstić information content (AvgIpc) is 2.31. The molecule has 0 atom stereocenters. The minimum atomic E-state index is -2.65. The molecule has 0 fully saturated rings. The van der Waals surface area contributed by atoms with Crippen molar-refractivity contribution in [3.63, 3.8) is 0 Å².